The topological polar surface area (TPSA) is 24.5 Å². The van der Waals surface area contributed by atoms with Crippen molar-refractivity contribution in [2.75, 3.05) is 26.1 Å². The second-order valence-electron chi connectivity index (χ2n) is 5.02. The predicted octanol–water partition coefficient (Wildman–Crippen LogP) is 3.70. The molecule has 0 radical (unpaired) electrons. The SMILES string of the molecule is CNCc1ccc(N(C)Cc2ccc(OC)cc2)c(Cl)c1. The van der Waals surface area contributed by atoms with E-state index in [1.54, 1.807) is 7.11 Å². The van der Waals surface area contributed by atoms with Gasteiger partial charge in [0.2, 0.25) is 0 Å². The fourth-order valence-electron chi connectivity index (χ4n) is 2.26. The highest BCUT2D eigenvalue weighted by molar-refractivity contribution is 6.33. The maximum atomic E-state index is 6.38. The number of hydrogen-bond donors (Lipinski definition) is 1. The summed E-state index contributed by atoms with van der Waals surface area (Å²) >= 11 is 6.38. The Bertz CT molecular complexity index is 584. The number of nitrogens with zero attached hydrogens (tertiary/aromatic N) is 1. The smallest absolute Gasteiger partial charge is 0.118 e. The van der Waals surface area contributed by atoms with Crippen molar-refractivity contribution in [3.8, 4) is 5.75 Å². The van der Waals surface area contributed by atoms with E-state index in [0.29, 0.717) is 0 Å². The van der Waals surface area contributed by atoms with Gasteiger partial charge in [-0.1, -0.05) is 29.8 Å². The molecular formula is C17H21ClN2O. The molecule has 0 heterocycles. The van der Waals surface area contributed by atoms with Gasteiger partial charge in [-0.3, -0.25) is 0 Å². The lowest BCUT2D eigenvalue weighted by Gasteiger charge is -2.21. The number of methoxy groups -OCH3 is 1. The minimum absolute atomic E-state index is 0.777. The van der Waals surface area contributed by atoms with E-state index in [-0.39, 0.29) is 0 Å². The Labute approximate surface area is 131 Å². The average molecular weight is 305 g/mol. The molecule has 21 heavy (non-hydrogen) atoms. The van der Waals surface area contributed by atoms with Crippen molar-refractivity contribution in [3.63, 3.8) is 0 Å². The van der Waals surface area contributed by atoms with Gasteiger partial charge in [0.1, 0.15) is 5.75 Å². The Morgan fingerprint density at radius 1 is 1.10 bits per heavy atom. The van der Waals surface area contributed by atoms with Crippen molar-refractivity contribution in [3.05, 3.63) is 58.6 Å². The molecule has 0 aromatic heterocycles. The summed E-state index contributed by atoms with van der Waals surface area (Å²) in [4.78, 5) is 2.15. The number of hydrogen-bond acceptors (Lipinski definition) is 3. The first-order chi connectivity index (χ1) is 10.1. The van der Waals surface area contributed by atoms with Crippen LogP contribution in [0.25, 0.3) is 0 Å². The Kier molecular flexibility index (Phi) is 5.48. The van der Waals surface area contributed by atoms with Crippen LogP contribution in [0.3, 0.4) is 0 Å². The van der Waals surface area contributed by atoms with Crippen LogP contribution < -0.4 is 15.0 Å². The predicted molar refractivity (Wildman–Crippen MR) is 89.3 cm³/mol. The molecular weight excluding hydrogens is 284 g/mol. The van der Waals surface area contributed by atoms with Crippen molar-refractivity contribution < 1.29 is 4.74 Å². The molecule has 0 saturated carbocycles. The van der Waals surface area contributed by atoms with E-state index in [0.717, 1.165) is 29.5 Å². The number of ether oxygens (including phenoxy) is 1. The summed E-state index contributed by atoms with van der Waals surface area (Å²) in [6.07, 6.45) is 0. The van der Waals surface area contributed by atoms with Crippen LogP contribution in [0.4, 0.5) is 5.69 Å². The minimum atomic E-state index is 0.777. The van der Waals surface area contributed by atoms with Crippen LogP contribution in [0, 0.1) is 0 Å². The lowest BCUT2D eigenvalue weighted by Crippen LogP contribution is -2.17. The third-order valence-electron chi connectivity index (χ3n) is 3.38. The molecule has 2 aromatic rings. The summed E-state index contributed by atoms with van der Waals surface area (Å²) < 4.78 is 5.17. The van der Waals surface area contributed by atoms with Crippen LogP contribution >= 0.6 is 11.6 Å². The van der Waals surface area contributed by atoms with E-state index in [2.05, 4.69) is 34.5 Å². The molecule has 0 atom stereocenters. The van der Waals surface area contributed by atoms with Gasteiger partial charge in [0, 0.05) is 20.1 Å². The van der Waals surface area contributed by atoms with Crippen molar-refractivity contribution in [1.29, 1.82) is 0 Å². The highest BCUT2D eigenvalue weighted by atomic mass is 35.5. The monoisotopic (exact) mass is 304 g/mol. The molecule has 1 N–H and O–H groups in total. The van der Waals surface area contributed by atoms with E-state index in [1.807, 2.05) is 32.3 Å². The number of halogens is 1. The zero-order chi connectivity index (χ0) is 15.2. The zero-order valence-corrected chi connectivity index (χ0v) is 13.4. The zero-order valence-electron chi connectivity index (χ0n) is 12.7. The van der Waals surface area contributed by atoms with Gasteiger partial charge in [-0.15, -0.1) is 0 Å². The van der Waals surface area contributed by atoms with Crippen LogP contribution in [0.2, 0.25) is 5.02 Å². The Morgan fingerprint density at radius 3 is 2.33 bits per heavy atom. The van der Waals surface area contributed by atoms with Crippen LogP contribution in [0.1, 0.15) is 11.1 Å². The summed E-state index contributed by atoms with van der Waals surface area (Å²) in [6.45, 7) is 1.62. The van der Waals surface area contributed by atoms with E-state index in [9.17, 15) is 0 Å². The third-order valence-corrected chi connectivity index (χ3v) is 3.69. The van der Waals surface area contributed by atoms with Gasteiger partial charge >= 0.3 is 0 Å². The van der Waals surface area contributed by atoms with Crippen LogP contribution in [0.5, 0.6) is 5.75 Å². The summed E-state index contributed by atoms with van der Waals surface area (Å²) in [5, 5.41) is 3.90. The molecule has 0 unspecified atom stereocenters. The molecule has 0 fully saturated rings. The van der Waals surface area contributed by atoms with Crippen LogP contribution in [0.15, 0.2) is 42.5 Å². The van der Waals surface area contributed by atoms with E-state index in [1.165, 1.54) is 11.1 Å². The number of rotatable bonds is 6. The summed E-state index contributed by atoms with van der Waals surface area (Å²) in [6, 6.07) is 14.3. The van der Waals surface area contributed by atoms with Gasteiger partial charge in [-0.2, -0.15) is 0 Å². The molecule has 0 bridgehead atoms. The van der Waals surface area contributed by atoms with Gasteiger partial charge in [-0.05, 0) is 42.4 Å². The van der Waals surface area contributed by atoms with Crippen molar-refractivity contribution in [2.45, 2.75) is 13.1 Å². The van der Waals surface area contributed by atoms with Gasteiger partial charge in [-0.25, -0.2) is 0 Å². The number of nitrogens with one attached hydrogen (secondary N) is 1. The van der Waals surface area contributed by atoms with Gasteiger partial charge < -0.3 is 15.0 Å². The Balaban J connectivity index is 2.10. The standard InChI is InChI=1S/C17H21ClN2O/c1-19-11-14-6-9-17(16(18)10-14)20(2)12-13-4-7-15(21-3)8-5-13/h4-10,19H,11-12H2,1-3H3. The van der Waals surface area contributed by atoms with Gasteiger partial charge in [0.15, 0.2) is 0 Å². The molecule has 0 amide bonds. The molecule has 0 saturated heterocycles. The van der Waals surface area contributed by atoms with Gasteiger partial charge in [0.05, 0.1) is 17.8 Å². The molecule has 3 nitrogen and oxygen atoms in total. The quantitative estimate of drug-likeness (QED) is 0.880. The second-order valence-corrected chi connectivity index (χ2v) is 5.43. The fourth-order valence-corrected chi connectivity index (χ4v) is 2.61. The number of benzene rings is 2. The first-order valence-corrected chi connectivity index (χ1v) is 7.29. The molecule has 4 heteroatoms. The molecule has 0 aliphatic heterocycles. The maximum Gasteiger partial charge on any atom is 0.118 e. The van der Waals surface area contributed by atoms with Crippen LogP contribution in [-0.2, 0) is 13.1 Å². The lowest BCUT2D eigenvalue weighted by atomic mass is 10.1. The second kappa shape index (κ2) is 7.34. The first-order valence-electron chi connectivity index (χ1n) is 6.91. The minimum Gasteiger partial charge on any atom is -0.497 e. The van der Waals surface area contributed by atoms with Crippen molar-refractivity contribution >= 4 is 17.3 Å². The number of anilines is 1. The average Bonchev–Trinajstić information content (AvgIpc) is 2.48. The summed E-state index contributed by atoms with van der Waals surface area (Å²) in [5.74, 6) is 0.871. The highest BCUT2D eigenvalue weighted by Gasteiger charge is 2.08. The Hall–Kier alpha value is -1.71. The maximum absolute atomic E-state index is 6.38. The van der Waals surface area contributed by atoms with E-state index >= 15 is 0 Å². The third kappa shape index (κ3) is 4.13. The molecule has 0 aliphatic carbocycles. The highest BCUT2D eigenvalue weighted by Crippen LogP contribution is 2.27. The summed E-state index contributed by atoms with van der Waals surface area (Å²) in [7, 11) is 5.65. The lowest BCUT2D eigenvalue weighted by molar-refractivity contribution is 0.414. The summed E-state index contributed by atoms with van der Waals surface area (Å²) in [5.41, 5.74) is 3.44. The first kappa shape index (κ1) is 15.7. The largest absolute Gasteiger partial charge is 0.497 e. The molecule has 2 aromatic carbocycles. The Morgan fingerprint density at radius 2 is 1.76 bits per heavy atom. The molecule has 0 aliphatic rings. The van der Waals surface area contributed by atoms with Gasteiger partial charge in [0.25, 0.3) is 0 Å². The normalized spacial score (nSPS) is 10.5. The molecule has 0 spiro atoms. The van der Waals surface area contributed by atoms with Crippen molar-refractivity contribution in [1.82, 2.24) is 5.32 Å². The van der Waals surface area contributed by atoms with E-state index < -0.39 is 0 Å². The van der Waals surface area contributed by atoms with E-state index in [4.69, 9.17) is 16.3 Å². The fraction of sp³-hybridized carbons (Fsp3) is 0.294. The molecule has 2 rings (SSSR count). The molecule has 112 valence electrons. The van der Waals surface area contributed by atoms with Crippen LogP contribution in [-0.4, -0.2) is 21.2 Å². The van der Waals surface area contributed by atoms with Crippen molar-refractivity contribution in [2.24, 2.45) is 0 Å².